The standard InChI is InChI=1S/C59H96N10O19S3/c1-9-13-49(77)87-32-69(58(84)50(34(5)10-2)65-56(83)42-14-11-12-22-68(42)8)43(33(3)4)28-46(88-36(7)71)57-64-41(31-89-57)55(82)62-38(27-37-15-17-39(72)18-16-37)26-35(6)54(81)66-67-59(85)86-23-25-91-90-24-21-48(76)63-40(53(60)80)19-20-47(75)61-29-44(73)51(78)52(79)45(74)30-70/h15-18,31,33-35,38,40,42-46,50-53,70,72-74,78-80H,9-14,19-30,32,60H2,1-8H3,(H,61,75)(H,62,82)(H,63,76)(H,65,83)(H,66,81)(H,67,85)/t34?,35?,38-,40?,42-,43-,44+,45-,46-,50+,51-,52-,53?/m1/s1. The average Bonchev–Trinajstić information content (AvgIpc) is 1.97. The van der Waals surface area contributed by atoms with Crippen molar-refractivity contribution in [3.63, 3.8) is 0 Å². The lowest BCUT2D eigenvalue weighted by Crippen LogP contribution is -2.59. The number of esters is 2. The third-order valence-corrected chi connectivity index (χ3v) is 18.5. The van der Waals surface area contributed by atoms with Crippen LogP contribution < -0.4 is 37.9 Å². The van der Waals surface area contributed by atoms with Crippen LogP contribution in [0, 0.1) is 17.8 Å². The minimum absolute atomic E-state index is 0.0113. The molecular weight excluding hydrogens is 1250 g/mol. The topological polar surface area (TPSA) is 440 Å². The van der Waals surface area contributed by atoms with Gasteiger partial charge in [0.05, 0.1) is 24.8 Å². The fraction of sp³-hybridized carbons (Fsp3) is 0.695. The second kappa shape index (κ2) is 41.6. The number of carbonyl (C=O) groups excluding carboxylic acids is 9. The van der Waals surface area contributed by atoms with Crippen molar-refractivity contribution >= 4 is 86.4 Å². The van der Waals surface area contributed by atoms with Crippen LogP contribution in [0.1, 0.15) is 146 Å². The van der Waals surface area contributed by atoms with Gasteiger partial charge in [-0.2, -0.15) is 0 Å². The highest BCUT2D eigenvalue weighted by Crippen LogP contribution is 2.32. The molecular formula is C59H96N10O19S3. The lowest BCUT2D eigenvalue weighted by atomic mass is 9.92. The van der Waals surface area contributed by atoms with E-state index in [9.17, 15) is 73.8 Å². The van der Waals surface area contributed by atoms with E-state index < -0.39 is 140 Å². The Kier molecular flexibility index (Phi) is 36.3. The number of aromatic nitrogens is 1. The van der Waals surface area contributed by atoms with Gasteiger partial charge in [-0.05, 0) is 81.6 Å². The number of aliphatic hydroxyl groups excluding tert-OH is 6. The molecule has 3 rings (SSSR count). The van der Waals surface area contributed by atoms with E-state index in [1.165, 1.54) is 50.9 Å². The first-order valence-corrected chi connectivity index (χ1v) is 33.9. The SMILES string of the molecule is CCCC(=O)OCN(C(=O)[C@@H](NC(=O)[C@H]1CCCCN1C)C(C)CC)[C@H](C[C@@H](OC(C)=O)c1nc(C(=O)N[C@@H](Cc2ccc(O)cc2)CC(C)C(=O)NNC(=O)OCCSSCCC(=O)NC(CCC(=O)NC[C@H](O)[C@@H](O)[C@H](O)[C@H](O)CO)C(N)O)cs1)C(C)C. The van der Waals surface area contributed by atoms with E-state index in [1.54, 1.807) is 19.1 Å². The number of ether oxygens (including phenoxy) is 3. The number of hydrogen-bond donors (Lipinski definition) is 14. The number of phenolic OH excluding ortho intramolecular Hbond substituents is 1. The largest absolute Gasteiger partial charge is 0.508 e. The third-order valence-electron chi connectivity index (χ3n) is 15.2. The van der Waals surface area contributed by atoms with Crippen molar-refractivity contribution < 1.29 is 93.1 Å². The molecule has 4 unspecified atom stereocenters. The second-order valence-electron chi connectivity index (χ2n) is 22.9. The Morgan fingerprint density at radius 2 is 1.53 bits per heavy atom. The molecule has 1 aromatic heterocycles. The maximum atomic E-state index is 15.0. The smallest absolute Gasteiger partial charge is 0.426 e. The molecule has 15 N–H and O–H groups in total. The zero-order valence-corrected chi connectivity index (χ0v) is 55.5. The number of aliphatic hydroxyl groups is 6. The summed E-state index contributed by atoms with van der Waals surface area (Å²) >= 11 is 1.04. The summed E-state index contributed by atoms with van der Waals surface area (Å²) in [7, 11) is 4.44. The molecule has 2 aromatic rings. The van der Waals surface area contributed by atoms with Gasteiger partial charge in [0.2, 0.25) is 29.5 Å². The minimum atomic E-state index is -1.88. The number of hydrogen-bond acceptors (Lipinski definition) is 25. The van der Waals surface area contributed by atoms with Crippen LogP contribution in [0.4, 0.5) is 4.79 Å². The highest BCUT2D eigenvalue weighted by molar-refractivity contribution is 8.76. The van der Waals surface area contributed by atoms with E-state index >= 15 is 0 Å². The summed E-state index contributed by atoms with van der Waals surface area (Å²) in [6.07, 6.45) is -7.29. The van der Waals surface area contributed by atoms with Gasteiger partial charge in [-0.15, -0.1) is 11.3 Å². The summed E-state index contributed by atoms with van der Waals surface area (Å²) in [6, 6.07) is 2.36. The van der Waals surface area contributed by atoms with E-state index in [0.717, 1.165) is 30.7 Å². The molecule has 2 heterocycles. The first-order chi connectivity index (χ1) is 43.1. The van der Waals surface area contributed by atoms with Gasteiger partial charge in [0.25, 0.3) is 5.91 Å². The summed E-state index contributed by atoms with van der Waals surface area (Å²) in [5.74, 6) is -5.20. The van der Waals surface area contributed by atoms with E-state index in [0.29, 0.717) is 30.6 Å². The quantitative estimate of drug-likeness (QED) is 0.0111. The number of rotatable bonds is 40. The molecule has 32 heteroatoms. The van der Waals surface area contributed by atoms with Gasteiger partial charge in [-0.3, -0.25) is 48.7 Å². The number of carbonyl (C=O) groups is 9. The van der Waals surface area contributed by atoms with Crippen LogP contribution in [-0.2, 0) is 54.2 Å². The number of nitrogens with zero attached hydrogens (tertiary/aromatic N) is 3. The molecule has 1 saturated heterocycles. The molecule has 1 aliphatic rings. The van der Waals surface area contributed by atoms with Crippen molar-refractivity contribution in [1.29, 1.82) is 0 Å². The molecule has 91 heavy (non-hydrogen) atoms. The highest BCUT2D eigenvalue weighted by Gasteiger charge is 2.40. The Bertz CT molecular complexity index is 2610. The molecule has 7 amide bonds. The molecule has 1 aromatic carbocycles. The first kappa shape index (κ1) is 79.3. The number of nitrogens with two attached hydrogens (primary N) is 1. The number of likely N-dealkylation sites (N-methyl/N-ethyl adjacent to an activating group) is 1. The number of aromatic hydroxyl groups is 1. The van der Waals surface area contributed by atoms with Crippen molar-refractivity contribution in [3.05, 3.63) is 45.9 Å². The molecule has 0 spiro atoms. The molecule has 1 aliphatic heterocycles. The lowest BCUT2D eigenvalue weighted by molar-refractivity contribution is -0.160. The zero-order chi connectivity index (χ0) is 67.9. The number of hydrazine groups is 1. The lowest BCUT2D eigenvalue weighted by Gasteiger charge is -2.39. The van der Waals surface area contributed by atoms with Crippen LogP contribution >= 0.6 is 32.9 Å². The number of amides is 7. The molecule has 0 radical (unpaired) electrons. The van der Waals surface area contributed by atoms with Crippen LogP contribution in [0.2, 0.25) is 0 Å². The van der Waals surface area contributed by atoms with Crippen molar-refractivity contribution in [2.75, 3.05) is 51.6 Å². The first-order valence-electron chi connectivity index (χ1n) is 30.6. The molecule has 13 atom stereocenters. The Balaban J connectivity index is 1.62. The highest BCUT2D eigenvalue weighted by atomic mass is 33.1. The monoisotopic (exact) mass is 1340 g/mol. The van der Waals surface area contributed by atoms with Crippen LogP contribution in [-0.4, -0.2) is 216 Å². The second-order valence-corrected chi connectivity index (χ2v) is 26.5. The maximum absolute atomic E-state index is 15.0. The van der Waals surface area contributed by atoms with Gasteiger partial charge < -0.3 is 81.9 Å². The summed E-state index contributed by atoms with van der Waals surface area (Å²) < 4.78 is 16.7. The van der Waals surface area contributed by atoms with Crippen LogP contribution in [0.15, 0.2) is 29.6 Å². The van der Waals surface area contributed by atoms with Crippen molar-refractivity contribution in [1.82, 2.24) is 46.9 Å². The number of thiazole rings is 1. The maximum Gasteiger partial charge on any atom is 0.426 e. The normalized spacial score (nSPS) is 17.4. The summed E-state index contributed by atoms with van der Waals surface area (Å²) in [5, 5.41) is 80.5. The van der Waals surface area contributed by atoms with Crippen molar-refractivity contribution in [2.24, 2.45) is 23.5 Å². The predicted molar refractivity (Wildman–Crippen MR) is 339 cm³/mol. The van der Waals surface area contributed by atoms with Gasteiger partial charge in [-0.25, -0.2) is 15.2 Å². The molecule has 514 valence electrons. The summed E-state index contributed by atoms with van der Waals surface area (Å²) in [6.45, 7) is 11.0. The van der Waals surface area contributed by atoms with Gasteiger partial charge >= 0.3 is 18.0 Å². The van der Waals surface area contributed by atoms with E-state index in [-0.39, 0.29) is 91.5 Å². The van der Waals surface area contributed by atoms with E-state index in [4.69, 9.17) is 25.1 Å². The number of nitrogens with one attached hydrogen (secondary N) is 6. The van der Waals surface area contributed by atoms with E-state index in [2.05, 4.69) is 37.1 Å². The Morgan fingerprint density at radius 3 is 2.15 bits per heavy atom. The van der Waals surface area contributed by atoms with Gasteiger partial charge in [0.15, 0.2) is 12.8 Å². The molecule has 0 aliphatic carbocycles. The molecule has 29 nitrogen and oxygen atoms in total. The average molecular weight is 1350 g/mol. The van der Waals surface area contributed by atoms with Crippen LogP contribution in [0.5, 0.6) is 5.75 Å². The van der Waals surface area contributed by atoms with Gasteiger partial charge in [0.1, 0.15) is 53.6 Å². The van der Waals surface area contributed by atoms with Crippen molar-refractivity contribution in [2.45, 2.75) is 192 Å². The fourth-order valence-corrected chi connectivity index (χ4v) is 12.3. The number of likely N-dealkylation sites (tertiary alicyclic amines) is 1. The van der Waals surface area contributed by atoms with Gasteiger partial charge in [0, 0.05) is 74.0 Å². The number of benzene rings is 1. The van der Waals surface area contributed by atoms with E-state index in [1.807, 2.05) is 46.6 Å². The molecule has 0 saturated carbocycles. The predicted octanol–water partition coefficient (Wildman–Crippen LogP) is 1.00. The zero-order valence-electron chi connectivity index (χ0n) is 53.1. The van der Waals surface area contributed by atoms with Crippen molar-refractivity contribution in [3.8, 4) is 5.75 Å². The summed E-state index contributed by atoms with van der Waals surface area (Å²) in [4.78, 5) is 127. The minimum Gasteiger partial charge on any atom is -0.508 e. The van der Waals surface area contributed by atoms with Gasteiger partial charge in [-0.1, -0.05) is 88.1 Å². The van der Waals surface area contributed by atoms with Crippen LogP contribution in [0.25, 0.3) is 0 Å². The number of phenols is 1. The Morgan fingerprint density at radius 1 is 0.846 bits per heavy atom. The summed E-state index contributed by atoms with van der Waals surface area (Å²) in [5.41, 5.74) is 10.8. The third kappa shape index (κ3) is 28.4. The van der Waals surface area contributed by atoms with Crippen LogP contribution in [0.3, 0.4) is 0 Å². The Hall–Kier alpha value is -5.94. The number of piperidine rings is 1. The Labute approximate surface area is 543 Å². The molecule has 0 bridgehead atoms. The fourth-order valence-electron chi connectivity index (χ4n) is 9.66. The molecule has 1 fully saturated rings.